The highest BCUT2D eigenvalue weighted by atomic mass is 35.5. The molecule has 0 unspecified atom stereocenters. The summed E-state index contributed by atoms with van der Waals surface area (Å²) in [4.78, 5) is 21.5. The number of rotatable bonds is 6. The van der Waals surface area contributed by atoms with Gasteiger partial charge in [0, 0.05) is 43.0 Å². The van der Waals surface area contributed by atoms with E-state index in [4.69, 9.17) is 20.9 Å². The Kier molecular flexibility index (Phi) is 6.29. The van der Waals surface area contributed by atoms with Crippen molar-refractivity contribution in [2.75, 3.05) is 33.3 Å². The highest BCUT2D eigenvalue weighted by Gasteiger charge is 2.25. The van der Waals surface area contributed by atoms with E-state index in [0.717, 1.165) is 17.0 Å². The van der Waals surface area contributed by atoms with Gasteiger partial charge in [0.15, 0.2) is 5.69 Å². The number of halogens is 1. The van der Waals surface area contributed by atoms with Crippen LogP contribution in [-0.4, -0.2) is 68.9 Å². The lowest BCUT2D eigenvalue weighted by atomic mass is 10.2. The molecule has 0 aliphatic carbocycles. The Hall–Kier alpha value is -3.69. The number of amides is 1. The zero-order valence-corrected chi connectivity index (χ0v) is 19.4. The number of benzene rings is 2. The lowest BCUT2D eigenvalue weighted by Gasteiger charge is -2.33. The van der Waals surface area contributed by atoms with E-state index in [0.29, 0.717) is 55.2 Å². The molecule has 4 aromatic rings. The molecular weight excluding hydrogens is 456 g/mol. The number of carbonyl (C=O) groups excluding carboxylic acids is 1. The molecule has 0 atom stereocenters. The summed E-state index contributed by atoms with van der Waals surface area (Å²) in [7, 11) is 1.63. The predicted octanol–water partition coefficient (Wildman–Crippen LogP) is 3.54. The zero-order chi connectivity index (χ0) is 23.5. The zero-order valence-electron chi connectivity index (χ0n) is 18.6. The molecule has 9 nitrogen and oxygen atoms in total. The Morgan fingerprint density at radius 1 is 1.09 bits per heavy atom. The van der Waals surface area contributed by atoms with Crippen LogP contribution < -0.4 is 4.74 Å². The second kappa shape index (κ2) is 9.66. The molecule has 0 bridgehead atoms. The number of methoxy groups -OCH3 is 1. The fraction of sp³-hybridized carbons (Fsp3) is 0.250. The molecule has 0 N–H and O–H groups in total. The fourth-order valence-corrected chi connectivity index (χ4v) is 4.02. The summed E-state index contributed by atoms with van der Waals surface area (Å²) in [5.41, 5.74) is 2.09. The minimum atomic E-state index is -0.0833. The molecule has 3 heterocycles. The molecule has 2 aromatic carbocycles. The number of hydrogen-bond donors (Lipinski definition) is 0. The molecule has 1 amide bonds. The molecule has 0 spiro atoms. The van der Waals surface area contributed by atoms with E-state index in [1.54, 1.807) is 36.2 Å². The number of nitrogens with zero attached hydrogens (tertiary/aromatic N) is 6. The van der Waals surface area contributed by atoms with Gasteiger partial charge in [-0.3, -0.25) is 9.69 Å². The molecule has 10 heteroatoms. The SMILES string of the molecule is COc1ccc(-c2noc(CN3CCN(C(=O)c4ccn(-c5cccc(Cl)c5)n4)CC3)n2)cc1. The summed E-state index contributed by atoms with van der Waals surface area (Å²) >= 11 is 6.06. The van der Waals surface area contributed by atoms with Crippen LogP contribution in [0.5, 0.6) is 5.75 Å². The summed E-state index contributed by atoms with van der Waals surface area (Å²) in [6, 6.07) is 16.6. The molecule has 2 aromatic heterocycles. The van der Waals surface area contributed by atoms with Gasteiger partial charge in [-0.25, -0.2) is 4.68 Å². The third kappa shape index (κ3) is 4.80. The van der Waals surface area contributed by atoms with Gasteiger partial charge in [0.05, 0.1) is 19.3 Å². The Morgan fingerprint density at radius 2 is 1.88 bits per heavy atom. The topological polar surface area (TPSA) is 89.5 Å². The van der Waals surface area contributed by atoms with Gasteiger partial charge < -0.3 is 14.2 Å². The summed E-state index contributed by atoms with van der Waals surface area (Å²) in [5.74, 6) is 1.78. The maximum Gasteiger partial charge on any atom is 0.274 e. The Labute approximate surface area is 201 Å². The van der Waals surface area contributed by atoms with Crippen LogP contribution in [0.3, 0.4) is 0 Å². The minimum absolute atomic E-state index is 0.0833. The van der Waals surface area contributed by atoms with Crippen LogP contribution in [0, 0.1) is 0 Å². The first-order chi connectivity index (χ1) is 16.6. The van der Waals surface area contributed by atoms with Gasteiger partial charge >= 0.3 is 0 Å². The first-order valence-corrected chi connectivity index (χ1v) is 11.3. The molecule has 1 aliphatic rings. The second-order valence-corrected chi connectivity index (χ2v) is 8.37. The predicted molar refractivity (Wildman–Crippen MR) is 126 cm³/mol. The highest BCUT2D eigenvalue weighted by molar-refractivity contribution is 6.30. The van der Waals surface area contributed by atoms with Gasteiger partial charge in [-0.1, -0.05) is 22.8 Å². The van der Waals surface area contributed by atoms with E-state index in [-0.39, 0.29) is 5.91 Å². The van der Waals surface area contributed by atoms with Crippen LogP contribution in [0.4, 0.5) is 0 Å². The third-order valence-electron chi connectivity index (χ3n) is 5.72. The molecular formula is C24H23ClN6O3. The standard InChI is InChI=1S/C24H23ClN6O3/c1-33-20-7-5-17(6-8-20)23-26-22(34-28-23)16-29-11-13-30(14-12-29)24(32)21-9-10-31(27-21)19-4-2-3-18(25)15-19/h2-10,15H,11-14,16H2,1H3. The minimum Gasteiger partial charge on any atom is -0.497 e. The van der Waals surface area contributed by atoms with E-state index in [9.17, 15) is 4.79 Å². The molecule has 1 fully saturated rings. The van der Waals surface area contributed by atoms with Crippen molar-refractivity contribution in [2.24, 2.45) is 0 Å². The molecule has 0 saturated carbocycles. The van der Waals surface area contributed by atoms with Crippen LogP contribution in [-0.2, 0) is 6.54 Å². The Morgan fingerprint density at radius 3 is 2.62 bits per heavy atom. The van der Waals surface area contributed by atoms with Crippen LogP contribution in [0.15, 0.2) is 65.3 Å². The van der Waals surface area contributed by atoms with E-state index in [1.165, 1.54) is 0 Å². The summed E-state index contributed by atoms with van der Waals surface area (Å²) in [6.07, 6.45) is 1.77. The second-order valence-electron chi connectivity index (χ2n) is 7.93. The summed E-state index contributed by atoms with van der Waals surface area (Å²) < 4.78 is 12.3. The molecule has 0 radical (unpaired) electrons. The van der Waals surface area contributed by atoms with Crippen molar-refractivity contribution in [1.82, 2.24) is 29.7 Å². The van der Waals surface area contributed by atoms with E-state index < -0.39 is 0 Å². The quantitative estimate of drug-likeness (QED) is 0.418. The summed E-state index contributed by atoms with van der Waals surface area (Å²) in [6.45, 7) is 3.15. The molecule has 34 heavy (non-hydrogen) atoms. The number of carbonyl (C=O) groups is 1. The monoisotopic (exact) mass is 478 g/mol. The lowest BCUT2D eigenvalue weighted by molar-refractivity contribution is 0.0609. The van der Waals surface area contributed by atoms with Crippen LogP contribution >= 0.6 is 11.6 Å². The molecule has 174 valence electrons. The maximum absolute atomic E-state index is 12.9. The number of ether oxygens (including phenoxy) is 1. The van der Waals surface area contributed by atoms with Crippen molar-refractivity contribution >= 4 is 17.5 Å². The highest BCUT2D eigenvalue weighted by Crippen LogP contribution is 2.20. The van der Waals surface area contributed by atoms with Gasteiger partial charge in [-0.2, -0.15) is 10.1 Å². The molecule has 5 rings (SSSR count). The van der Waals surface area contributed by atoms with Crippen LogP contribution in [0.2, 0.25) is 5.02 Å². The van der Waals surface area contributed by atoms with Crippen molar-refractivity contribution in [2.45, 2.75) is 6.54 Å². The Balaban J connectivity index is 1.16. The first-order valence-electron chi connectivity index (χ1n) is 10.9. The van der Waals surface area contributed by atoms with Crippen molar-refractivity contribution in [1.29, 1.82) is 0 Å². The smallest absolute Gasteiger partial charge is 0.274 e. The van der Waals surface area contributed by atoms with E-state index in [2.05, 4.69) is 20.1 Å². The van der Waals surface area contributed by atoms with E-state index in [1.807, 2.05) is 41.3 Å². The molecule has 1 aliphatic heterocycles. The van der Waals surface area contributed by atoms with Crippen LogP contribution in [0.25, 0.3) is 17.1 Å². The normalized spacial score (nSPS) is 14.4. The summed E-state index contributed by atoms with van der Waals surface area (Å²) in [5, 5.41) is 9.14. The van der Waals surface area contributed by atoms with Gasteiger partial charge in [0.2, 0.25) is 11.7 Å². The largest absolute Gasteiger partial charge is 0.497 e. The fourth-order valence-electron chi connectivity index (χ4n) is 3.84. The van der Waals surface area contributed by atoms with E-state index >= 15 is 0 Å². The number of aromatic nitrogens is 4. The van der Waals surface area contributed by atoms with Gasteiger partial charge in [-0.15, -0.1) is 0 Å². The number of piperazine rings is 1. The van der Waals surface area contributed by atoms with Crippen molar-refractivity contribution in [3.63, 3.8) is 0 Å². The Bertz CT molecular complexity index is 1280. The van der Waals surface area contributed by atoms with Gasteiger partial charge in [-0.05, 0) is 48.5 Å². The lowest BCUT2D eigenvalue weighted by Crippen LogP contribution is -2.48. The average molecular weight is 479 g/mol. The van der Waals surface area contributed by atoms with Gasteiger partial charge in [0.1, 0.15) is 5.75 Å². The van der Waals surface area contributed by atoms with Crippen LogP contribution in [0.1, 0.15) is 16.4 Å². The van der Waals surface area contributed by atoms with Gasteiger partial charge in [0.25, 0.3) is 5.91 Å². The van der Waals surface area contributed by atoms with Crippen molar-refractivity contribution in [3.05, 3.63) is 77.4 Å². The molecule has 1 saturated heterocycles. The first kappa shape index (κ1) is 22.1. The maximum atomic E-state index is 12.9. The van der Waals surface area contributed by atoms with Crippen molar-refractivity contribution < 1.29 is 14.1 Å². The third-order valence-corrected chi connectivity index (χ3v) is 5.95. The average Bonchev–Trinajstić information content (AvgIpc) is 3.55. The van der Waals surface area contributed by atoms with Crippen molar-refractivity contribution in [3.8, 4) is 22.8 Å². The number of hydrogen-bond acceptors (Lipinski definition) is 7.